The van der Waals surface area contributed by atoms with E-state index in [4.69, 9.17) is 14.5 Å². The lowest BCUT2D eigenvalue weighted by atomic mass is 10.0. The number of ether oxygens (including phenoxy) is 2. The zero-order valence-electron chi connectivity index (χ0n) is 24.9. The van der Waals surface area contributed by atoms with Crippen LogP contribution in [-0.4, -0.2) is 82.0 Å². The van der Waals surface area contributed by atoms with Crippen molar-refractivity contribution in [2.45, 2.75) is 32.9 Å². The van der Waals surface area contributed by atoms with Gasteiger partial charge in [-0.15, -0.1) is 0 Å². The van der Waals surface area contributed by atoms with E-state index in [-0.39, 0.29) is 12.0 Å². The number of likely N-dealkylation sites (tertiary alicyclic amines) is 1. The van der Waals surface area contributed by atoms with Crippen molar-refractivity contribution in [3.05, 3.63) is 78.2 Å². The Bertz CT molecular complexity index is 1610. The Hall–Kier alpha value is -4.62. The lowest BCUT2D eigenvalue weighted by molar-refractivity contribution is -0.00784. The first-order valence-corrected chi connectivity index (χ1v) is 14.8. The highest BCUT2D eigenvalue weighted by molar-refractivity contribution is 5.85. The first-order valence-electron chi connectivity index (χ1n) is 14.8. The van der Waals surface area contributed by atoms with Crippen LogP contribution in [0.5, 0.6) is 5.75 Å². The number of rotatable bonds is 7. The zero-order chi connectivity index (χ0) is 30.0. The summed E-state index contributed by atoms with van der Waals surface area (Å²) in [4.78, 5) is 23.6. The van der Waals surface area contributed by atoms with E-state index in [1.54, 1.807) is 21.8 Å². The summed E-state index contributed by atoms with van der Waals surface area (Å²) in [6.45, 7) is 12.0. The maximum atomic E-state index is 12.3. The molecule has 5 heterocycles. The number of carbonyl (C=O) groups excluding carboxylic acids is 1. The summed E-state index contributed by atoms with van der Waals surface area (Å²) in [7, 11) is 0. The molecule has 1 amide bonds. The summed E-state index contributed by atoms with van der Waals surface area (Å²) in [6, 6.07) is 18.9. The van der Waals surface area contributed by atoms with Crippen molar-refractivity contribution >= 4 is 17.4 Å². The van der Waals surface area contributed by atoms with Crippen LogP contribution >= 0.6 is 0 Å². The van der Waals surface area contributed by atoms with E-state index in [0.29, 0.717) is 31.0 Å². The van der Waals surface area contributed by atoms with E-state index < -0.39 is 5.60 Å². The fourth-order valence-electron chi connectivity index (χ4n) is 5.55. The summed E-state index contributed by atoms with van der Waals surface area (Å²) in [5, 5.41) is 14.2. The molecule has 10 nitrogen and oxygen atoms in total. The van der Waals surface area contributed by atoms with Gasteiger partial charge in [-0.3, -0.25) is 4.90 Å². The quantitative estimate of drug-likeness (QED) is 0.307. The number of piperazine rings is 1. The van der Waals surface area contributed by atoms with Crippen molar-refractivity contribution in [3.63, 3.8) is 0 Å². The molecule has 2 aliphatic rings. The number of pyridine rings is 2. The van der Waals surface area contributed by atoms with Crippen LogP contribution in [0.2, 0.25) is 0 Å². The summed E-state index contributed by atoms with van der Waals surface area (Å²) < 4.78 is 13.3. The molecule has 0 bridgehead atoms. The minimum Gasteiger partial charge on any atom is -0.492 e. The van der Waals surface area contributed by atoms with Crippen molar-refractivity contribution in [2.24, 2.45) is 5.92 Å². The molecule has 0 atom stereocenters. The SMILES string of the molecule is CC(C)(C)OC(=O)N1CC(COc2cc(-c3ccc(N4CCN(Cc5ccccc5)CC4)nc3)c3c(C#N)cnn3c2)C1. The predicted molar refractivity (Wildman–Crippen MR) is 164 cm³/mol. The van der Waals surface area contributed by atoms with Gasteiger partial charge in [-0.1, -0.05) is 30.3 Å². The number of fused-ring (bicyclic) bond motifs is 1. The Kier molecular flexibility index (Phi) is 7.91. The molecule has 2 aliphatic heterocycles. The third-order valence-electron chi connectivity index (χ3n) is 7.81. The zero-order valence-corrected chi connectivity index (χ0v) is 24.9. The smallest absolute Gasteiger partial charge is 0.410 e. The molecular formula is C33H37N7O3. The van der Waals surface area contributed by atoms with E-state index in [1.807, 2.05) is 39.1 Å². The molecule has 2 fully saturated rings. The van der Waals surface area contributed by atoms with Crippen molar-refractivity contribution in [3.8, 4) is 22.9 Å². The summed E-state index contributed by atoms with van der Waals surface area (Å²) in [5.74, 6) is 1.80. The fraction of sp³-hybridized carbons (Fsp3) is 0.394. The van der Waals surface area contributed by atoms with Gasteiger partial charge in [-0.2, -0.15) is 10.4 Å². The number of benzene rings is 1. The summed E-state index contributed by atoms with van der Waals surface area (Å²) >= 11 is 0. The van der Waals surface area contributed by atoms with Crippen molar-refractivity contribution in [1.29, 1.82) is 5.26 Å². The molecular weight excluding hydrogens is 542 g/mol. The van der Waals surface area contributed by atoms with Gasteiger partial charge >= 0.3 is 6.09 Å². The second-order valence-electron chi connectivity index (χ2n) is 12.3. The van der Waals surface area contributed by atoms with E-state index >= 15 is 0 Å². The number of aromatic nitrogens is 3. The van der Waals surface area contributed by atoms with Gasteiger partial charge in [-0.05, 0) is 44.5 Å². The molecule has 222 valence electrons. The number of nitrogens with zero attached hydrogens (tertiary/aromatic N) is 7. The van der Waals surface area contributed by atoms with Crippen LogP contribution in [-0.2, 0) is 11.3 Å². The van der Waals surface area contributed by atoms with Crippen LogP contribution in [0, 0.1) is 17.2 Å². The lowest BCUT2D eigenvalue weighted by Crippen LogP contribution is -2.53. The topological polar surface area (TPSA) is 99.2 Å². The highest BCUT2D eigenvalue weighted by Gasteiger charge is 2.34. The molecule has 0 unspecified atom stereocenters. The molecule has 10 heteroatoms. The van der Waals surface area contributed by atoms with Gasteiger partial charge in [0.15, 0.2) is 0 Å². The van der Waals surface area contributed by atoms with Gasteiger partial charge in [-0.25, -0.2) is 14.3 Å². The Morgan fingerprint density at radius 3 is 2.49 bits per heavy atom. The van der Waals surface area contributed by atoms with Gasteiger partial charge in [0.1, 0.15) is 23.2 Å². The molecule has 1 aromatic carbocycles. The van der Waals surface area contributed by atoms with E-state index in [0.717, 1.165) is 55.2 Å². The minimum absolute atomic E-state index is 0.216. The third kappa shape index (κ3) is 6.57. The van der Waals surface area contributed by atoms with E-state index in [9.17, 15) is 10.1 Å². The van der Waals surface area contributed by atoms with Gasteiger partial charge in [0, 0.05) is 69.1 Å². The van der Waals surface area contributed by atoms with Crippen molar-refractivity contribution in [2.75, 3.05) is 50.8 Å². The Balaban J connectivity index is 1.11. The molecule has 6 rings (SSSR count). The first kappa shape index (κ1) is 28.5. The van der Waals surface area contributed by atoms with Crippen LogP contribution in [0.1, 0.15) is 31.9 Å². The van der Waals surface area contributed by atoms with Gasteiger partial charge in [0.2, 0.25) is 0 Å². The molecule has 0 saturated carbocycles. The summed E-state index contributed by atoms with van der Waals surface area (Å²) in [6.07, 6.45) is 4.94. The van der Waals surface area contributed by atoms with Crippen molar-refractivity contribution in [1.82, 2.24) is 24.4 Å². The minimum atomic E-state index is -0.513. The second-order valence-corrected chi connectivity index (χ2v) is 12.3. The Labute approximate surface area is 252 Å². The normalized spacial score (nSPS) is 16.1. The van der Waals surface area contributed by atoms with Crippen LogP contribution in [0.15, 0.2) is 67.1 Å². The molecule has 0 spiro atoms. The van der Waals surface area contributed by atoms with Crippen molar-refractivity contribution < 1.29 is 14.3 Å². The fourth-order valence-corrected chi connectivity index (χ4v) is 5.55. The molecule has 2 saturated heterocycles. The molecule has 0 N–H and O–H groups in total. The molecule has 0 radical (unpaired) electrons. The average Bonchev–Trinajstić information content (AvgIpc) is 3.39. The maximum Gasteiger partial charge on any atom is 0.410 e. The third-order valence-corrected chi connectivity index (χ3v) is 7.81. The van der Waals surface area contributed by atoms with Gasteiger partial charge in [0.25, 0.3) is 0 Å². The van der Waals surface area contributed by atoms with Gasteiger partial charge in [0.05, 0.1) is 30.1 Å². The number of hydrogen-bond donors (Lipinski definition) is 0. The molecule has 43 heavy (non-hydrogen) atoms. The molecule has 4 aromatic rings. The van der Waals surface area contributed by atoms with E-state index in [2.05, 4.69) is 57.4 Å². The predicted octanol–water partition coefficient (Wildman–Crippen LogP) is 4.84. The summed E-state index contributed by atoms with van der Waals surface area (Å²) in [5.41, 5.74) is 3.76. The monoisotopic (exact) mass is 579 g/mol. The first-order chi connectivity index (χ1) is 20.8. The van der Waals surface area contributed by atoms with Crippen LogP contribution in [0.3, 0.4) is 0 Å². The highest BCUT2D eigenvalue weighted by atomic mass is 16.6. The van der Waals surface area contributed by atoms with E-state index in [1.165, 1.54) is 5.56 Å². The number of anilines is 1. The standard InChI is InChI=1S/C33H37N7O3/c1-33(2,3)43-32(41)39-20-25(21-39)23-42-28-15-29(31-27(16-34)18-36-40(31)22-28)26-9-10-30(35-17-26)38-13-11-37(12-14-38)19-24-7-5-4-6-8-24/h4-10,15,17-18,22,25H,11-14,19-21,23H2,1-3H3. The maximum absolute atomic E-state index is 12.3. The number of hydrogen-bond acceptors (Lipinski definition) is 8. The van der Waals surface area contributed by atoms with Crippen LogP contribution < -0.4 is 9.64 Å². The average molecular weight is 580 g/mol. The Morgan fingerprint density at radius 1 is 1.05 bits per heavy atom. The number of amides is 1. The number of carbonyl (C=O) groups is 1. The largest absolute Gasteiger partial charge is 0.492 e. The highest BCUT2D eigenvalue weighted by Crippen LogP contribution is 2.32. The van der Waals surface area contributed by atoms with Crippen LogP contribution in [0.25, 0.3) is 16.6 Å². The van der Waals surface area contributed by atoms with Gasteiger partial charge < -0.3 is 19.3 Å². The lowest BCUT2D eigenvalue weighted by Gasteiger charge is -2.39. The molecule has 3 aromatic heterocycles. The Morgan fingerprint density at radius 2 is 1.81 bits per heavy atom. The number of nitriles is 1. The second kappa shape index (κ2) is 11.9. The molecule has 0 aliphatic carbocycles. The van der Waals surface area contributed by atoms with Crippen LogP contribution in [0.4, 0.5) is 10.6 Å².